The van der Waals surface area contributed by atoms with Gasteiger partial charge in [-0.05, 0) is 48.7 Å². The van der Waals surface area contributed by atoms with E-state index in [9.17, 15) is 14.4 Å². The van der Waals surface area contributed by atoms with Crippen molar-refractivity contribution in [2.45, 2.75) is 39.7 Å². The van der Waals surface area contributed by atoms with Crippen LogP contribution in [0.5, 0.6) is 0 Å². The molecule has 0 radical (unpaired) electrons. The molecule has 156 valence electrons. The molecule has 0 saturated heterocycles. The molecule has 0 unspecified atom stereocenters. The molecule has 3 rings (SSSR count). The molecule has 8 nitrogen and oxygen atoms in total. The van der Waals surface area contributed by atoms with E-state index in [1.54, 1.807) is 12.4 Å². The predicted molar refractivity (Wildman–Crippen MR) is 114 cm³/mol. The van der Waals surface area contributed by atoms with E-state index in [-0.39, 0.29) is 49.2 Å². The van der Waals surface area contributed by atoms with Crippen LogP contribution in [-0.2, 0) is 20.9 Å². The lowest BCUT2D eigenvalue weighted by Gasteiger charge is -2.24. The van der Waals surface area contributed by atoms with E-state index in [4.69, 9.17) is 0 Å². The van der Waals surface area contributed by atoms with Gasteiger partial charge in [0.15, 0.2) is 0 Å². The van der Waals surface area contributed by atoms with Gasteiger partial charge in [0, 0.05) is 44.7 Å². The van der Waals surface area contributed by atoms with Crippen molar-refractivity contribution < 1.29 is 14.4 Å². The average molecular weight is 407 g/mol. The highest BCUT2D eigenvalue weighted by Crippen LogP contribution is 2.25. The summed E-state index contributed by atoms with van der Waals surface area (Å²) >= 11 is 0. The fourth-order valence-corrected chi connectivity index (χ4v) is 3.03. The van der Waals surface area contributed by atoms with Crippen molar-refractivity contribution in [3.63, 3.8) is 0 Å². The second-order valence-electron chi connectivity index (χ2n) is 7.18. The second kappa shape index (κ2) is 9.78. The van der Waals surface area contributed by atoms with Crippen LogP contribution in [0.1, 0.15) is 36.0 Å². The van der Waals surface area contributed by atoms with Gasteiger partial charge in [0.1, 0.15) is 5.71 Å². The summed E-state index contributed by atoms with van der Waals surface area (Å²) < 4.78 is 0. The van der Waals surface area contributed by atoms with Crippen LogP contribution in [0.15, 0.2) is 47.8 Å². The van der Waals surface area contributed by atoms with Crippen LogP contribution in [0.2, 0.25) is 0 Å². The van der Waals surface area contributed by atoms with Crippen LogP contribution >= 0.6 is 0 Å². The normalized spacial score (nSPS) is 13.6. The van der Waals surface area contributed by atoms with Crippen LogP contribution in [-0.4, -0.2) is 35.0 Å². The smallest absolute Gasteiger partial charge is 0.267 e. The van der Waals surface area contributed by atoms with E-state index in [2.05, 4.69) is 20.7 Å². The summed E-state index contributed by atoms with van der Waals surface area (Å²) in [5.41, 5.74) is 3.83. The van der Waals surface area contributed by atoms with E-state index in [1.807, 2.05) is 44.2 Å². The van der Waals surface area contributed by atoms with E-state index in [0.717, 1.165) is 16.7 Å². The van der Waals surface area contributed by atoms with Crippen molar-refractivity contribution in [1.82, 2.24) is 15.6 Å². The van der Waals surface area contributed by atoms with E-state index in [0.29, 0.717) is 12.2 Å². The largest absolute Gasteiger partial charge is 0.352 e. The van der Waals surface area contributed by atoms with Gasteiger partial charge in [0.2, 0.25) is 11.8 Å². The van der Waals surface area contributed by atoms with Gasteiger partial charge < -0.3 is 10.6 Å². The first kappa shape index (κ1) is 21.2. The molecule has 0 saturated carbocycles. The number of rotatable bonds is 7. The summed E-state index contributed by atoms with van der Waals surface area (Å²) in [6.45, 7) is 4.44. The number of anilines is 1. The Kier molecular flexibility index (Phi) is 6.90. The monoisotopic (exact) mass is 407 g/mol. The molecular weight excluding hydrogens is 382 g/mol. The highest BCUT2D eigenvalue weighted by atomic mass is 16.2. The Hall–Kier alpha value is -3.55. The molecular formula is C22H25N5O3. The van der Waals surface area contributed by atoms with Crippen molar-refractivity contribution in [1.29, 1.82) is 0 Å². The molecule has 0 aliphatic carbocycles. The van der Waals surface area contributed by atoms with Crippen LogP contribution in [0.25, 0.3) is 0 Å². The number of aromatic nitrogens is 1. The topological polar surface area (TPSA) is 104 Å². The van der Waals surface area contributed by atoms with Crippen LogP contribution in [0.4, 0.5) is 5.69 Å². The Balaban J connectivity index is 1.53. The number of aryl methyl sites for hydroxylation is 2. The zero-order valence-electron chi connectivity index (χ0n) is 17.1. The molecule has 2 aromatic rings. The Morgan fingerprint density at radius 2 is 1.83 bits per heavy atom. The Morgan fingerprint density at radius 1 is 1.07 bits per heavy atom. The third kappa shape index (κ3) is 5.50. The molecule has 2 heterocycles. The molecule has 0 bridgehead atoms. The number of pyridine rings is 1. The number of nitrogens with one attached hydrogen (secondary N) is 2. The first-order chi connectivity index (χ1) is 14.4. The lowest BCUT2D eigenvalue weighted by molar-refractivity contribution is -0.121. The summed E-state index contributed by atoms with van der Waals surface area (Å²) in [5, 5.41) is 11.1. The molecule has 8 heteroatoms. The van der Waals surface area contributed by atoms with Crippen molar-refractivity contribution in [3.8, 4) is 0 Å². The van der Waals surface area contributed by atoms with Gasteiger partial charge >= 0.3 is 0 Å². The van der Waals surface area contributed by atoms with Gasteiger partial charge in [0.25, 0.3) is 5.91 Å². The SMILES string of the molecule is Cc1ccc(C)c(N2N=C(C(=O)NCCC(=O)NCc3ccncc3)CCC2=O)c1. The fraction of sp³-hybridized carbons (Fsp3) is 0.318. The summed E-state index contributed by atoms with van der Waals surface area (Å²) in [5.74, 6) is -0.666. The number of nitrogens with zero attached hydrogens (tertiary/aromatic N) is 3. The summed E-state index contributed by atoms with van der Waals surface area (Å²) in [7, 11) is 0. The molecule has 0 atom stereocenters. The number of amides is 3. The molecule has 1 aromatic heterocycles. The molecule has 30 heavy (non-hydrogen) atoms. The van der Waals surface area contributed by atoms with E-state index < -0.39 is 0 Å². The van der Waals surface area contributed by atoms with Gasteiger partial charge in [-0.3, -0.25) is 19.4 Å². The van der Waals surface area contributed by atoms with Crippen LogP contribution in [0, 0.1) is 13.8 Å². The van der Waals surface area contributed by atoms with Crippen molar-refractivity contribution in [2.24, 2.45) is 5.10 Å². The van der Waals surface area contributed by atoms with E-state index >= 15 is 0 Å². The highest BCUT2D eigenvalue weighted by molar-refractivity contribution is 6.40. The van der Waals surface area contributed by atoms with Crippen molar-refractivity contribution >= 4 is 29.1 Å². The summed E-state index contributed by atoms with van der Waals surface area (Å²) in [6, 6.07) is 9.42. The maximum absolute atomic E-state index is 12.5. The second-order valence-corrected chi connectivity index (χ2v) is 7.18. The molecule has 3 amide bonds. The lowest BCUT2D eigenvalue weighted by atomic mass is 10.1. The van der Waals surface area contributed by atoms with Gasteiger partial charge in [0.05, 0.1) is 5.69 Å². The first-order valence-electron chi connectivity index (χ1n) is 9.85. The average Bonchev–Trinajstić information content (AvgIpc) is 2.75. The van der Waals surface area contributed by atoms with Crippen molar-refractivity contribution in [2.75, 3.05) is 11.6 Å². The Bertz CT molecular complexity index is 972. The van der Waals surface area contributed by atoms with Crippen molar-refractivity contribution in [3.05, 3.63) is 59.4 Å². The molecule has 1 aliphatic heterocycles. The van der Waals surface area contributed by atoms with E-state index in [1.165, 1.54) is 5.01 Å². The minimum atomic E-state index is -0.361. The number of hydrazone groups is 1. The zero-order chi connectivity index (χ0) is 21.5. The van der Waals surface area contributed by atoms with Gasteiger partial charge in [-0.1, -0.05) is 12.1 Å². The fourth-order valence-electron chi connectivity index (χ4n) is 3.03. The third-order valence-corrected chi connectivity index (χ3v) is 4.76. The number of carbonyl (C=O) groups excluding carboxylic acids is 3. The van der Waals surface area contributed by atoms with Gasteiger partial charge in [-0.25, -0.2) is 5.01 Å². The molecule has 0 fully saturated rings. The minimum absolute atomic E-state index is 0.143. The van der Waals surface area contributed by atoms with Gasteiger partial charge in [-0.15, -0.1) is 0 Å². The molecule has 1 aromatic carbocycles. The number of benzene rings is 1. The van der Waals surface area contributed by atoms with Crippen LogP contribution in [0.3, 0.4) is 0 Å². The lowest BCUT2D eigenvalue weighted by Crippen LogP contribution is -2.40. The maximum Gasteiger partial charge on any atom is 0.267 e. The standard InChI is InChI=1S/C22H25N5O3/c1-15-3-4-16(2)19(13-15)27-21(29)6-5-18(26-27)22(30)24-12-9-20(28)25-14-17-7-10-23-11-8-17/h3-4,7-8,10-11,13H,5-6,9,12,14H2,1-2H3,(H,24,30)(H,25,28). The number of hydrogen-bond donors (Lipinski definition) is 2. The summed E-state index contributed by atoms with van der Waals surface area (Å²) in [4.78, 5) is 40.7. The number of hydrogen-bond acceptors (Lipinski definition) is 5. The zero-order valence-corrected chi connectivity index (χ0v) is 17.1. The summed E-state index contributed by atoms with van der Waals surface area (Å²) in [6.07, 6.45) is 3.98. The Labute approximate surface area is 175 Å². The first-order valence-corrected chi connectivity index (χ1v) is 9.85. The maximum atomic E-state index is 12.5. The third-order valence-electron chi connectivity index (χ3n) is 4.76. The molecule has 0 spiro atoms. The quantitative estimate of drug-likeness (QED) is 0.733. The highest BCUT2D eigenvalue weighted by Gasteiger charge is 2.26. The minimum Gasteiger partial charge on any atom is -0.352 e. The number of carbonyl (C=O) groups is 3. The molecule has 2 N–H and O–H groups in total. The van der Waals surface area contributed by atoms with Gasteiger partial charge in [-0.2, -0.15) is 5.10 Å². The van der Waals surface area contributed by atoms with Crippen LogP contribution < -0.4 is 15.6 Å². The Morgan fingerprint density at radius 3 is 2.60 bits per heavy atom. The predicted octanol–water partition coefficient (Wildman–Crippen LogP) is 2.00. The molecule has 1 aliphatic rings.